The van der Waals surface area contributed by atoms with Crippen LogP contribution in [0.25, 0.3) is 0 Å². The van der Waals surface area contributed by atoms with Crippen molar-refractivity contribution in [2.45, 2.75) is 46.0 Å². The summed E-state index contributed by atoms with van der Waals surface area (Å²) in [5, 5.41) is 0. The second-order valence-electron chi connectivity index (χ2n) is 3.81. The van der Waals surface area contributed by atoms with Crippen molar-refractivity contribution in [3.8, 4) is 0 Å². The molecule has 0 saturated carbocycles. The van der Waals surface area contributed by atoms with Crippen LogP contribution in [0.5, 0.6) is 0 Å². The fraction of sp³-hybridized carbons (Fsp3) is 1.00. The summed E-state index contributed by atoms with van der Waals surface area (Å²) in [6, 6.07) is 0. The highest BCUT2D eigenvalue weighted by atomic mass is 31.2. The Balaban J connectivity index is 3.38. The SMILES string of the molecule is CCCCCCCOOP(=O)(O)OCCOCC. The smallest absolute Gasteiger partial charge is 0.379 e. The van der Waals surface area contributed by atoms with Crippen LogP contribution in [0.3, 0.4) is 0 Å². The lowest BCUT2D eigenvalue weighted by molar-refractivity contribution is -0.225. The molecule has 0 aromatic rings. The fourth-order valence-electron chi connectivity index (χ4n) is 1.25. The van der Waals surface area contributed by atoms with E-state index in [-0.39, 0.29) is 13.2 Å². The summed E-state index contributed by atoms with van der Waals surface area (Å²) in [7, 11) is -4.10. The molecule has 0 aliphatic heterocycles. The van der Waals surface area contributed by atoms with Crippen molar-refractivity contribution in [3.63, 3.8) is 0 Å². The summed E-state index contributed by atoms with van der Waals surface area (Å²) in [5.74, 6) is 0. The fourth-order valence-corrected chi connectivity index (χ4v) is 1.80. The molecular formula is C11H25O6P. The second-order valence-corrected chi connectivity index (χ2v) is 5.15. The lowest BCUT2D eigenvalue weighted by Gasteiger charge is -2.10. The molecule has 0 aliphatic rings. The molecule has 0 heterocycles. The predicted octanol–water partition coefficient (Wildman–Crippen LogP) is 3.06. The van der Waals surface area contributed by atoms with Gasteiger partial charge in [-0.15, -0.1) is 4.67 Å². The van der Waals surface area contributed by atoms with Crippen LogP contribution >= 0.6 is 7.82 Å². The van der Waals surface area contributed by atoms with Gasteiger partial charge in [0.1, 0.15) is 0 Å². The van der Waals surface area contributed by atoms with Crippen molar-refractivity contribution in [1.29, 1.82) is 0 Å². The first-order valence-electron chi connectivity index (χ1n) is 6.48. The molecule has 1 atom stereocenters. The highest BCUT2D eigenvalue weighted by Gasteiger charge is 2.22. The third-order valence-electron chi connectivity index (χ3n) is 2.16. The molecule has 18 heavy (non-hydrogen) atoms. The largest absolute Gasteiger partial charge is 0.499 e. The summed E-state index contributed by atoms with van der Waals surface area (Å²) in [4.78, 5) is 13.8. The molecule has 1 N–H and O–H groups in total. The summed E-state index contributed by atoms with van der Waals surface area (Å²) in [5.41, 5.74) is 0. The van der Waals surface area contributed by atoms with E-state index in [9.17, 15) is 9.46 Å². The third-order valence-corrected chi connectivity index (χ3v) is 2.97. The lowest BCUT2D eigenvalue weighted by atomic mass is 10.2. The molecule has 6 nitrogen and oxygen atoms in total. The molecule has 0 rings (SSSR count). The van der Waals surface area contributed by atoms with Crippen LogP contribution in [0.2, 0.25) is 0 Å². The molecule has 0 aromatic heterocycles. The Labute approximate surface area is 109 Å². The van der Waals surface area contributed by atoms with E-state index < -0.39 is 7.82 Å². The Morgan fingerprint density at radius 3 is 2.39 bits per heavy atom. The van der Waals surface area contributed by atoms with Gasteiger partial charge in [0, 0.05) is 6.61 Å². The van der Waals surface area contributed by atoms with E-state index >= 15 is 0 Å². The van der Waals surface area contributed by atoms with Crippen LogP contribution in [0, 0.1) is 0 Å². The first kappa shape index (κ1) is 18.0. The van der Waals surface area contributed by atoms with Gasteiger partial charge in [-0.3, -0.25) is 4.52 Å². The summed E-state index contributed by atoms with van der Waals surface area (Å²) < 4.78 is 25.2. The molecule has 0 spiro atoms. The van der Waals surface area contributed by atoms with Gasteiger partial charge < -0.3 is 9.63 Å². The van der Waals surface area contributed by atoms with E-state index in [0.717, 1.165) is 19.3 Å². The second kappa shape index (κ2) is 12.1. The Bertz CT molecular complexity index is 224. The molecule has 0 saturated heterocycles. The number of ether oxygens (including phenoxy) is 1. The van der Waals surface area contributed by atoms with E-state index in [0.29, 0.717) is 13.2 Å². The number of phosphoric ester groups is 1. The molecule has 0 fully saturated rings. The zero-order valence-electron chi connectivity index (χ0n) is 11.3. The maximum Gasteiger partial charge on any atom is 0.499 e. The molecule has 1 unspecified atom stereocenters. The van der Waals surface area contributed by atoms with E-state index in [1.807, 2.05) is 6.92 Å². The average molecular weight is 284 g/mol. The summed E-state index contributed by atoms with van der Waals surface area (Å²) >= 11 is 0. The maximum absolute atomic E-state index is 11.2. The normalized spacial score (nSPS) is 14.6. The lowest BCUT2D eigenvalue weighted by Crippen LogP contribution is -2.05. The molecule has 0 amide bonds. The Morgan fingerprint density at radius 1 is 1.00 bits per heavy atom. The topological polar surface area (TPSA) is 74.2 Å². The molecule has 0 bridgehead atoms. The van der Waals surface area contributed by atoms with Crippen molar-refractivity contribution >= 4 is 7.82 Å². The van der Waals surface area contributed by atoms with Crippen LogP contribution in [0.15, 0.2) is 0 Å². The van der Waals surface area contributed by atoms with E-state index in [4.69, 9.17) is 4.74 Å². The van der Waals surface area contributed by atoms with E-state index in [2.05, 4.69) is 21.0 Å². The first-order chi connectivity index (χ1) is 8.62. The minimum atomic E-state index is -4.10. The zero-order chi connectivity index (χ0) is 13.7. The van der Waals surface area contributed by atoms with Gasteiger partial charge in [0.25, 0.3) is 0 Å². The number of unbranched alkanes of at least 4 members (excludes halogenated alkanes) is 4. The van der Waals surface area contributed by atoms with Crippen molar-refractivity contribution in [2.24, 2.45) is 0 Å². The Kier molecular flexibility index (Phi) is 12.1. The quantitative estimate of drug-likeness (QED) is 0.242. The van der Waals surface area contributed by atoms with E-state index in [1.54, 1.807) is 0 Å². The van der Waals surface area contributed by atoms with Crippen molar-refractivity contribution in [1.82, 2.24) is 0 Å². The van der Waals surface area contributed by atoms with Crippen LogP contribution in [-0.2, 0) is 23.4 Å². The highest BCUT2D eigenvalue weighted by Crippen LogP contribution is 2.43. The van der Waals surface area contributed by atoms with Gasteiger partial charge in [-0.1, -0.05) is 32.6 Å². The Hall–Kier alpha value is 0.0300. The number of hydrogen-bond acceptors (Lipinski definition) is 5. The molecule has 0 aliphatic carbocycles. The van der Waals surface area contributed by atoms with Crippen molar-refractivity contribution < 1.29 is 28.3 Å². The molecular weight excluding hydrogens is 259 g/mol. The molecule has 7 heteroatoms. The van der Waals surface area contributed by atoms with Crippen LogP contribution in [0.4, 0.5) is 0 Å². The van der Waals surface area contributed by atoms with Crippen LogP contribution in [0.1, 0.15) is 46.0 Å². The van der Waals surface area contributed by atoms with Crippen LogP contribution < -0.4 is 0 Å². The predicted molar refractivity (Wildman–Crippen MR) is 68.1 cm³/mol. The summed E-state index contributed by atoms with van der Waals surface area (Å²) in [6.07, 6.45) is 5.34. The van der Waals surface area contributed by atoms with Gasteiger partial charge in [-0.25, -0.2) is 9.45 Å². The number of phosphoric acid groups is 1. The van der Waals surface area contributed by atoms with Crippen molar-refractivity contribution in [2.75, 3.05) is 26.4 Å². The van der Waals surface area contributed by atoms with Crippen molar-refractivity contribution in [3.05, 3.63) is 0 Å². The summed E-state index contributed by atoms with van der Waals surface area (Å²) in [6.45, 7) is 5.05. The molecule has 0 radical (unpaired) electrons. The van der Waals surface area contributed by atoms with Gasteiger partial charge in [0.15, 0.2) is 0 Å². The highest BCUT2D eigenvalue weighted by molar-refractivity contribution is 7.47. The van der Waals surface area contributed by atoms with Gasteiger partial charge in [-0.05, 0) is 13.3 Å². The first-order valence-corrected chi connectivity index (χ1v) is 7.98. The standard InChI is InChI=1S/C11H25O6P/c1-3-5-6-7-8-9-15-17-18(12,13)16-11-10-14-4-2/h3-11H2,1-2H3,(H,12,13). The van der Waals surface area contributed by atoms with Crippen LogP contribution in [-0.4, -0.2) is 31.3 Å². The van der Waals surface area contributed by atoms with Gasteiger partial charge in [0.2, 0.25) is 0 Å². The number of hydrogen-bond donors (Lipinski definition) is 1. The van der Waals surface area contributed by atoms with Gasteiger partial charge in [0.05, 0.1) is 19.8 Å². The maximum atomic E-state index is 11.2. The number of rotatable bonds is 13. The Morgan fingerprint density at radius 2 is 1.72 bits per heavy atom. The van der Waals surface area contributed by atoms with E-state index in [1.165, 1.54) is 12.8 Å². The zero-order valence-corrected chi connectivity index (χ0v) is 12.2. The van der Waals surface area contributed by atoms with Gasteiger partial charge in [-0.2, -0.15) is 0 Å². The third kappa shape index (κ3) is 12.5. The molecule has 110 valence electrons. The molecule has 0 aromatic carbocycles. The average Bonchev–Trinajstić information content (AvgIpc) is 2.34. The van der Waals surface area contributed by atoms with Gasteiger partial charge >= 0.3 is 7.82 Å². The minimum Gasteiger partial charge on any atom is -0.379 e. The minimum absolute atomic E-state index is 0.00147. The monoisotopic (exact) mass is 284 g/mol.